The van der Waals surface area contributed by atoms with Crippen LogP contribution < -0.4 is 5.32 Å². The lowest BCUT2D eigenvalue weighted by atomic mass is 10.3. The van der Waals surface area contributed by atoms with Crippen molar-refractivity contribution in [1.82, 2.24) is 14.8 Å². The molecule has 100 valence electrons. The summed E-state index contributed by atoms with van der Waals surface area (Å²) in [4.78, 5) is 13.7. The fraction of sp³-hybridized carbons (Fsp3) is 0.643. The molecule has 2 rings (SSSR count). The van der Waals surface area contributed by atoms with Crippen LogP contribution in [-0.4, -0.2) is 34.5 Å². The van der Waals surface area contributed by atoms with Crippen molar-refractivity contribution >= 4 is 5.91 Å². The molecule has 0 radical (unpaired) electrons. The molecule has 0 aromatic carbocycles. The van der Waals surface area contributed by atoms with Crippen LogP contribution in [0.2, 0.25) is 0 Å². The minimum atomic E-state index is 0.155. The van der Waals surface area contributed by atoms with Crippen LogP contribution in [0.1, 0.15) is 32.3 Å². The molecule has 0 spiro atoms. The number of nitrogens with zero attached hydrogens (tertiary/aromatic N) is 2. The highest BCUT2D eigenvalue weighted by Crippen LogP contribution is 2.19. The molecule has 1 N–H and O–H groups in total. The van der Waals surface area contributed by atoms with Crippen molar-refractivity contribution in [3.05, 3.63) is 24.0 Å². The predicted octanol–water partition coefficient (Wildman–Crippen LogP) is 1.61. The minimum Gasteiger partial charge on any atom is -0.345 e. The Morgan fingerprint density at radius 1 is 1.56 bits per heavy atom. The van der Waals surface area contributed by atoms with Gasteiger partial charge in [-0.05, 0) is 38.3 Å². The quantitative estimate of drug-likeness (QED) is 0.831. The molecule has 0 bridgehead atoms. The summed E-state index contributed by atoms with van der Waals surface area (Å²) in [6.07, 6.45) is 6.65. The van der Waals surface area contributed by atoms with Crippen molar-refractivity contribution < 1.29 is 4.79 Å². The molecular formula is C14H23N3O. The molecule has 0 aliphatic heterocycles. The lowest BCUT2D eigenvalue weighted by molar-refractivity contribution is -0.131. The number of rotatable bonds is 6. The SMILES string of the molecule is CC(C)N(C)C(=O)Cn1ccc(CNC2CC2)c1. The summed E-state index contributed by atoms with van der Waals surface area (Å²) >= 11 is 0. The van der Waals surface area contributed by atoms with Gasteiger partial charge in [-0.1, -0.05) is 0 Å². The second-order valence-electron chi connectivity index (χ2n) is 5.45. The molecule has 1 heterocycles. The van der Waals surface area contributed by atoms with Gasteiger partial charge in [-0.2, -0.15) is 0 Å². The van der Waals surface area contributed by atoms with Crippen molar-refractivity contribution in [1.29, 1.82) is 0 Å². The minimum absolute atomic E-state index is 0.155. The van der Waals surface area contributed by atoms with E-state index in [1.165, 1.54) is 18.4 Å². The number of hydrogen-bond donors (Lipinski definition) is 1. The molecule has 4 nitrogen and oxygen atoms in total. The van der Waals surface area contributed by atoms with Crippen LogP contribution in [0.25, 0.3) is 0 Å². The molecule has 0 saturated heterocycles. The zero-order valence-electron chi connectivity index (χ0n) is 11.5. The number of amides is 1. The van der Waals surface area contributed by atoms with Crippen LogP contribution in [0.3, 0.4) is 0 Å². The fourth-order valence-corrected chi connectivity index (χ4v) is 1.80. The van der Waals surface area contributed by atoms with Crippen LogP contribution in [0.5, 0.6) is 0 Å². The highest BCUT2D eigenvalue weighted by Gasteiger charge is 2.20. The van der Waals surface area contributed by atoms with Gasteiger partial charge in [-0.15, -0.1) is 0 Å². The summed E-state index contributed by atoms with van der Waals surface area (Å²) in [5, 5.41) is 3.47. The van der Waals surface area contributed by atoms with Gasteiger partial charge in [0.15, 0.2) is 0 Å². The Balaban J connectivity index is 1.83. The smallest absolute Gasteiger partial charge is 0.242 e. The Kier molecular flexibility index (Phi) is 4.07. The first-order valence-electron chi connectivity index (χ1n) is 6.70. The summed E-state index contributed by atoms with van der Waals surface area (Å²) in [7, 11) is 1.85. The number of carbonyl (C=O) groups excluding carboxylic acids is 1. The third-order valence-electron chi connectivity index (χ3n) is 3.47. The predicted molar refractivity (Wildman–Crippen MR) is 72.2 cm³/mol. The van der Waals surface area contributed by atoms with Gasteiger partial charge in [0, 0.05) is 38.1 Å². The van der Waals surface area contributed by atoms with Crippen molar-refractivity contribution in [2.75, 3.05) is 7.05 Å². The van der Waals surface area contributed by atoms with E-state index in [4.69, 9.17) is 0 Å². The molecule has 1 aliphatic carbocycles. The summed E-state index contributed by atoms with van der Waals surface area (Å²) in [5.74, 6) is 0.155. The van der Waals surface area contributed by atoms with Gasteiger partial charge in [0.1, 0.15) is 6.54 Å². The maximum Gasteiger partial charge on any atom is 0.242 e. The van der Waals surface area contributed by atoms with Gasteiger partial charge in [0.05, 0.1) is 0 Å². The Morgan fingerprint density at radius 3 is 2.89 bits per heavy atom. The average Bonchev–Trinajstić information content (AvgIpc) is 3.06. The van der Waals surface area contributed by atoms with Gasteiger partial charge >= 0.3 is 0 Å². The molecule has 1 fully saturated rings. The number of nitrogens with one attached hydrogen (secondary N) is 1. The van der Waals surface area contributed by atoms with E-state index in [1.807, 2.05) is 31.7 Å². The topological polar surface area (TPSA) is 37.3 Å². The van der Waals surface area contributed by atoms with Crippen LogP contribution >= 0.6 is 0 Å². The third kappa shape index (κ3) is 3.60. The highest BCUT2D eigenvalue weighted by atomic mass is 16.2. The van der Waals surface area contributed by atoms with E-state index in [0.717, 1.165) is 12.6 Å². The maximum absolute atomic E-state index is 11.9. The number of likely N-dealkylation sites (N-methyl/N-ethyl adjacent to an activating group) is 1. The third-order valence-corrected chi connectivity index (χ3v) is 3.47. The average molecular weight is 249 g/mol. The molecular weight excluding hydrogens is 226 g/mol. The van der Waals surface area contributed by atoms with E-state index in [-0.39, 0.29) is 11.9 Å². The number of hydrogen-bond acceptors (Lipinski definition) is 2. The first-order chi connectivity index (χ1) is 8.56. The molecule has 1 amide bonds. The van der Waals surface area contributed by atoms with Gasteiger partial charge in [-0.3, -0.25) is 4.79 Å². The van der Waals surface area contributed by atoms with Gasteiger partial charge in [0.2, 0.25) is 5.91 Å². The lowest BCUT2D eigenvalue weighted by Gasteiger charge is -2.21. The van der Waals surface area contributed by atoms with E-state index in [2.05, 4.69) is 17.6 Å². The van der Waals surface area contributed by atoms with Crippen LogP contribution in [0.15, 0.2) is 18.5 Å². The summed E-state index contributed by atoms with van der Waals surface area (Å²) in [6, 6.07) is 3.06. The van der Waals surface area contributed by atoms with E-state index >= 15 is 0 Å². The molecule has 1 aromatic rings. The van der Waals surface area contributed by atoms with E-state index < -0.39 is 0 Å². The van der Waals surface area contributed by atoms with Gasteiger partial charge in [-0.25, -0.2) is 0 Å². The van der Waals surface area contributed by atoms with Crippen molar-refractivity contribution in [3.63, 3.8) is 0 Å². The molecule has 0 unspecified atom stereocenters. The van der Waals surface area contributed by atoms with Crippen LogP contribution in [-0.2, 0) is 17.9 Å². The Labute approximate surface area is 109 Å². The number of carbonyl (C=O) groups is 1. The van der Waals surface area contributed by atoms with E-state index in [1.54, 1.807) is 4.90 Å². The Bertz CT molecular complexity index is 407. The van der Waals surface area contributed by atoms with Gasteiger partial charge in [0.25, 0.3) is 0 Å². The Morgan fingerprint density at radius 2 is 2.28 bits per heavy atom. The Hall–Kier alpha value is -1.29. The first kappa shape index (κ1) is 13.1. The van der Waals surface area contributed by atoms with Crippen molar-refractivity contribution in [2.45, 2.75) is 51.9 Å². The van der Waals surface area contributed by atoms with Crippen LogP contribution in [0.4, 0.5) is 0 Å². The molecule has 0 atom stereocenters. The largest absolute Gasteiger partial charge is 0.345 e. The summed E-state index contributed by atoms with van der Waals surface area (Å²) in [5.41, 5.74) is 1.25. The maximum atomic E-state index is 11.9. The lowest BCUT2D eigenvalue weighted by Crippen LogP contribution is -2.35. The molecule has 1 aromatic heterocycles. The summed E-state index contributed by atoms with van der Waals surface area (Å²) in [6.45, 7) is 5.39. The standard InChI is InChI=1S/C14H23N3O/c1-11(2)16(3)14(18)10-17-7-6-12(9-17)8-15-13-4-5-13/h6-7,9,11,13,15H,4-5,8,10H2,1-3H3. The van der Waals surface area contributed by atoms with Gasteiger partial charge < -0.3 is 14.8 Å². The van der Waals surface area contributed by atoms with E-state index in [9.17, 15) is 4.79 Å². The monoisotopic (exact) mass is 249 g/mol. The molecule has 18 heavy (non-hydrogen) atoms. The second-order valence-corrected chi connectivity index (χ2v) is 5.45. The zero-order chi connectivity index (χ0) is 13.1. The highest BCUT2D eigenvalue weighted by molar-refractivity contribution is 5.76. The fourth-order valence-electron chi connectivity index (χ4n) is 1.80. The van der Waals surface area contributed by atoms with E-state index in [0.29, 0.717) is 6.54 Å². The number of aromatic nitrogens is 1. The van der Waals surface area contributed by atoms with Crippen molar-refractivity contribution in [2.24, 2.45) is 0 Å². The first-order valence-corrected chi connectivity index (χ1v) is 6.70. The summed E-state index contributed by atoms with van der Waals surface area (Å²) < 4.78 is 1.96. The second kappa shape index (κ2) is 5.57. The van der Waals surface area contributed by atoms with Crippen LogP contribution in [0, 0.1) is 0 Å². The zero-order valence-corrected chi connectivity index (χ0v) is 11.5. The molecule has 4 heteroatoms. The molecule has 1 saturated carbocycles. The normalized spacial score (nSPS) is 15.1. The van der Waals surface area contributed by atoms with Crippen molar-refractivity contribution in [3.8, 4) is 0 Å². The molecule has 1 aliphatic rings.